The molecule has 14 heteroatoms. The number of anilines is 1. The van der Waals surface area contributed by atoms with Crippen molar-refractivity contribution in [3.05, 3.63) is 75.6 Å². The van der Waals surface area contributed by atoms with Crippen LogP contribution >= 0.6 is 0 Å². The lowest BCUT2D eigenvalue weighted by atomic mass is 10.1. The summed E-state index contributed by atoms with van der Waals surface area (Å²) in [5, 5.41) is 17.5. The molecule has 1 atom stereocenters. The molecule has 1 aliphatic rings. The first-order valence-electron chi connectivity index (χ1n) is 11.3. The van der Waals surface area contributed by atoms with E-state index in [1.165, 1.54) is 19.1 Å². The van der Waals surface area contributed by atoms with Crippen molar-refractivity contribution < 1.29 is 40.8 Å². The van der Waals surface area contributed by atoms with Crippen molar-refractivity contribution in [1.82, 2.24) is 9.78 Å². The number of carbonyl (C=O) groups excluding carboxylic acids is 1. The average molecular weight is 542 g/mol. The van der Waals surface area contributed by atoms with E-state index in [-0.39, 0.29) is 29.6 Å². The number of nitrogens with one attached hydrogen (secondary N) is 1. The van der Waals surface area contributed by atoms with Gasteiger partial charge < -0.3 is 10.1 Å². The van der Waals surface area contributed by atoms with Gasteiger partial charge in [-0.2, -0.15) is 31.4 Å². The molecule has 0 aliphatic heterocycles. The van der Waals surface area contributed by atoms with Crippen LogP contribution in [0.15, 0.2) is 48.5 Å². The van der Waals surface area contributed by atoms with Gasteiger partial charge in [-0.15, -0.1) is 0 Å². The van der Waals surface area contributed by atoms with Crippen LogP contribution in [0.4, 0.5) is 37.7 Å². The molecule has 202 valence electrons. The van der Waals surface area contributed by atoms with Crippen molar-refractivity contribution in [3.8, 4) is 11.5 Å². The molecule has 0 spiro atoms. The third-order valence-electron chi connectivity index (χ3n) is 5.76. The number of carbonyl (C=O) groups is 1. The maximum atomic E-state index is 13.1. The molecule has 1 unspecified atom stereocenters. The van der Waals surface area contributed by atoms with Gasteiger partial charge in [-0.25, -0.2) is 0 Å². The Bertz CT molecular complexity index is 1360. The summed E-state index contributed by atoms with van der Waals surface area (Å²) >= 11 is 0. The number of hydrogen-bond acceptors (Lipinski definition) is 5. The molecule has 0 bridgehead atoms. The van der Waals surface area contributed by atoms with E-state index in [1.807, 2.05) is 0 Å². The number of amides is 1. The average Bonchev–Trinajstić information content (AvgIpc) is 3.57. The number of hydrogen-bond donors (Lipinski definition) is 1. The summed E-state index contributed by atoms with van der Waals surface area (Å²) < 4.78 is 85.0. The molecule has 8 nitrogen and oxygen atoms in total. The van der Waals surface area contributed by atoms with Crippen molar-refractivity contribution >= 4 is 17.3 Å². The highest BCUT2D eigenvalue weighted by Crippen LogP contribution is 2.42. The van der Waals surface area contributed by atoms with Gasteiger partial charge >= 0.3 is 12.4 Å². The van der Waals surface area contributed by atoms with Gasteiger partial charge in [0.2, 0.25) is 5.91 Å². The second-order valence-corrected chi connectivity index (χ2v) is 8.90. The first-order chi connectivity index (χ1) is 17.7. The Labute approximate surface area is 211 Å². The van der Waals surface area contributed by atoms with Gasteiger partial charge in [-0.3, -0.25) is 19.6 Å². The highest BCUT2D eigenvalue weighted by atomic mass is 19.4. The number of non-ortho nitro benzene ring substituents is 1. The number of nitro groups is 1. The Morgan fingerprint density at radius 3 is 2.42 bits per heavy atom. The summed E-state index contributed by atoms with van der Waals surface area (Å²) in [5.41, 5.74) is -2.25. The lowest BCUT2D eigenvalue weighted by molar-refractivity contribution is -0.384. The van der Waals surface area contributed by atoms with Crippen LogP contribution in [0.25, 0.3) is 0 Å². The molecule has 1 saturated carbocycles. The van der Waals surface area contributed by atoms with Crippen LogP contribution in [-0.4, -0.2) is 20.6 Å². The van der Waals surface area contributed by atoms with E-state index in [9.17, 15) is 41.3 Å². The number of rotatable bonds is 8. The summed E-state index contributed by atoms with van der Waals surface area (Å²) in [6.07, 6.45) is -7.84. The Balaban J connectivity index is 1.52. The smallest absolute Gasteiger partial charge is 0.435 e. The van der Waals surface area contributed by atoms with Crippen molar-refractivity contribution in [1.29, 1.82) is 0 Å². The van der Waals surface area contributed by atoms with Gasteiger partial charge in [0, 0.05) is 23.7 Å². The standard InChI is InChI=1S/C24H20F6N4O4/c1-13(12-33-20(14-5-6-14)11-21(32-33)24(28,29)30)22(35)31-16-8-17(34(36)37)10-19(9-16)38-18-4-2-3-15(7-18)23(25,26)27/h2-4,7-11,13-14H,5-6,12H2,1H3,(H,31,35). The molecule has 1 N–H and O–H groups in total. The fourth-order valence-corrected chi connectivity index (χ4v) is 3.72. The zero-order valence-electron chi connectivity index (χ0n) is 19.6. The van der Waals surface area contributed by atoms with E-state index in [1.54, 1.807) is 0 Å². The molecule has 1 aliphatic carbocycles. The third-order valence-corrected chi connectivity index (χ3v) is 5.76. The number of alkyl halides is 6. The lowest BCUT2D eigenvalue weighted by Crippen LogP contribution is -2.25. The van der Waals surface area contributed by atoms with Gasteiger partial charge in [-0.05, 0) is 37.1 Å². The molecule has 38 heavy (non-hydrogen) atoms. The van der Waals surface area contributed by atoms with E-state index in [4.69, 9.17) is 4.74 Å². The number of nitro benzene ring substituents is 1. The number of benzene rings is 2. The number of nitrogens with zero attached hydrogens (tertiary/aromatic N) is 3. The van der Waals surface area contributed by atoms with Crippen LogP contribution in [0, 0.1) is 16.0 Å². The van der Waals surface area contributed by atoms with Gasteiger partial charge in [0.25, 0.3) is 5.69 Å². The summed E-state index contributed by atoms with van der Waals surface area (Å²) in [7, 11) is 0. The first kappa shape index (κ1) is 26.9. The van der Waals surface area contributed by atoms with Gasteiger partial charge in [0.1, 0.15) is 11.5 Å². The van der Waals surface area contributed by atoms with Crippen LogP contribution in [-0.2, 0) is 23.7 Å². The summed E-state index contributed by atoms with van der Waals surface area (Å²) in [4.78, 5) is 23.4. The molecular formula is C24H20F6N4O4. The summed E-state index contributed by atoms with van der Waals surface area (Å²) in [5.74, 6) is -2.07. The molecule has 0 radical (unpaired) electrons. The second-order valence-electron chi connectivity index (χ2n) is 8.90. The summed E-state index contributed by atoms with van der Waals surface area (Å²) in [6, 6.07) is 8.04. The second kappa shape index (κ2) is 9.99. The van der Waals surface area contributed by atoms with E-state index in [0.29, 0.717) is 18.5 Å². The van der Waals surface area contributed by atoms with E-state index >= 15 is 0 Å². The topological polar surface area (TPSA) is 99.3 Å². The van der Waals surface area contributed by atoms with E-state index in [0.717, 1.165) is 41.1 Å². The predicted octanol–water partition coefficient (Wildman–Crippen LogP) is 6.77. The van der Waals surface area contributed by atoms with Crippen LogP contribution in [0.3, 0.4) is 0 Å². The largest absolute Gasteiger partial charge is 0.457 e. The Morgan fingerprint density at radius 2 is 1.82 bits per heavy atom. The minimum atomic E-state index is -4.64. The molecule has 2 aromatic carbocycles. The minimum absolute atomic E-state index is 0.0683. The molecule has 1 amide bonds. The van der Waals surface area contributed by atoms with Crippen molar-refractivity contribution in [2.24, 2.45) is 5.92 Å². The van der Waals surface area contributed by atoms with Gasteiger partial charge in [0.05, 0.1) is 34.7 Å². The zero-order valence-corrected chi connectivity index (χ0v) is 19.6. The number of aromatic nitrogens is 2. The molecule has 4 rings (SSSR count). The molecule has 1 heterocycles. The fraction of sp³-hybridized carbons (Fsp3) is 0.333. The SMILES string of the molecule is CC(Cn1nc(C(F)(F)F)cc1C1CC1)C(=O)Nc1cc(Oc2cccc(C(F)(F)F)c2)cc([N+](=O)[O-])c1. The molecule has 3 aromatic rings. The number of ether oxygens (including phenoxy) is 1. The van der Waals surface area contributed by atoms with Crippen molar-refractivity contribution in [2.75, 3.05) is 5.32 Å². The maximum absolute atomic E-state index is 13.1. The normalized spacial score (nSPS) is 14.7. The highest BCUT2D eigenvalue weighted by Gasteiger charge is 2.38. The fourth-order valence-electron chi connectivity index (χ4n) is 3.72. The van der Waals surface area contributed by atoms with Crippen LogP contribution in [0.1, 0.15) is 42.6 Å². The van der Waals surface area contributed by atoms with Gasteiger partial charge in [-0.1, -0.05) is 13.0 Å². The maximum Gasteiger partial charge on any atom is 0.435 e. The van der Waals surface area contributed by atoms with E-state index < -0.39 is 46.0 Å². The number of halogens is 6. The molecule has 1 fully saturated rings. The monoisotopic (exact) mass is 542 g/mol. The lowest BCUT2D eigenvalue weighted by Gasteiger charge is -2.15. The molecule has 0 saturated heterocycles. The van der Waals surface area contributed by atoms with E-state index in [2.05, 4.69) is 10.4 Å². The predicted molar refractivity (Wildman–Crippen MR) is 122 cm³/mol. The van der Waals surface area contributed by atoms with Gasteiger partial charge in [0.15, 0.2) is 5.69 Å². The van der Waals surface area contributed by atoms with Crippen molar-refractivity contribution in [2.45, 2.75) is 44.6 Å². The highest BCUT2D eigenvalue weighted by molar-refractivity contribution is 5.92. The van der Waals surface area contributed by atoms with Crippen LogP contribution in [0.5, 0.6) is 11.5 Å². The van der Waals surface area contributed by atoms with Crippen LogP contribution < -0.4 is 10.1 Å². The quantitative estimate of drug-likeness (QED) is 0.192. The first-order valence-corrected chi connectivity index (χ1v) is 11.3. The minimum Gasteiger partial charge on any atom is -0.457 e. The Kier molecular flexibility index (Phi) is 7.08. The van der Waals surface area contributed by atoms with Crippen molar-refractivity contribution in [3.63, 3.8) is 0 Å². The zero-order chi connectivity index (χ0) is 27.8. The van der Waals surface area contributed by atoms with Crippen LogP contribution in [0.2, 0.25) is 0 Å². The molecular weight excluding hydrogens is 522 g/mol. The molecule has 1 aromatic heterocycles. The Hall–Kier alpha value is -4.10. The third kappa shape index (κ3) is 6.42. The Morgan fingerprint density at radius 1 is 1.11 bits per heavy atom. The summed E-state index contributed by atoms with van der Waals surface area (Å²) in [6.45, 7) is 1.29.